The molecule has 114 valence electrons. The highest BCUT2D eigenvalue weighted by atomic mass is 32.1. The predicted octanol–water partition coefficient (Wildman–Crippen LogP) is 2.74. The number of carbonyl (C=O) groups is 1. The molecule has 1 aromatic carbocycles. The van der Waals surface area contributed by atoms with Gasteiger partial charge in [0, 0.05) is 28.0 Å². The molecule has 0 aliphatic rings. The summed E-state index contributed by atoms with van der Waals surface area (Å²) < 4.78 is 1.70. The fourth-order valence-electron chi connectivity index (χ4n) is 2.36. The molecule has 0 fully saturated rings. The molecule has 0 aliphatic heterocycles. The molecule has 0 atom stereocenters. The quantitative estimate of drug-likeness (QED) is 0.606. The number of rotatable bonds is 4. The lowest BCUT2D eigenvalue weighted by atomic mass is 10.1. The monoisotopic (exact) mass is 323 g/mol. The first-order valence-corrected chi connectivity index (χ1v) is 8.03. The van der Waals surface area contributed by atoms with Gasteiger partial charge in [-0.25, -0.2) is 4.68 Å². The van der Waals surface area contributed by atoms with Crippen LogP contribution in [0.5, 0.6) is 0 Å². The summed E-state index contributed by atoms with van der Waals surface area (Å²) in [5.74, 6) is -0.127. The van der Waals surface area contributed by atoms with Gasteiger partial charge in [0.25, 0.3) is 5.91 Å². The summed E-state index contributed by atoms with van der Waals surface area (Å²) in [6, 6.07) is 9.48. The van der Waals surface area contributed by atoms with E-state index in [0.29, 0.717) is 17.8 Å². The van der Waals surface area contributed by atoms with E-state index in [9.17, 15) is 4.79 Å². The van der Waals surface area contributed by atoms with Gasteiger partial charge >= 0.3 is 0 Å². The van der Waals surface area contributed by atoms with Crippen molar-refractivity contribution < 1.29 is 4.79 Å². The molecule has 3 heterocycles. The lowest BCUT2D eigenvalue weighted by molar-refractivity contribution is 0.0950. The molecule has 0 bridgehead atoms. The third-order valence-corrected chi connectivity index (χ3v) is 4.23. The second-order valence-corrected chi connectivity index (χ2v) is 5.88. The lowest BCUT2D eigenvalue weighted by Crippen LogP contribution is -2.22. The standard InChI is InChI=1S/C16H13N5OS/c22-16(12-1-2-15-11(7-12)3-5-17-15)18-8-13-9-21(20-19-13)14-4-6-23-10-14/h1-7,9-10,17H,8H2,(H,18,22). The van der Waals surface area contributed by atoms with Crippen LogP contribution in [0.4, 0.5) is 0 Å². The molecule has 0 radical (unpaired) electrons. The van der Waals surface area contributed by atoms with Gasteiger partial charge in [0.2, 0.25) is 0 Å². The Hall–Kier alpha value is -2.93. The van der Waals surface area contributed by atoms with E-state index in [4.69, 9.17) is 0 Å². The Morgan fingerprint density at radius 2 is 2.26 bits per heavy atom. The number of aromatic amines is 1. The molecule has 4 aromatic rings. The summed E-state index contributed by atoms with van der Waals surface area (Å²) >= 11 is 1.60. The number of nitrogens with zero attached hydrogens (tertiary/aromatic N) is 3. The third-order valence-electron chi connectivity index (χ3n) is 3.56. The second-order valence-electron chi connectivity index (χ2n) is 5.10. The summed E-state index contributed by atoms with van der Waals surface area (Å²) in [6.07, 6.45) is 3.67. The van der Waals surface area contributed by atoms with Gasteiger partial charge in [-0.1, -0.05) is 5.21 Å². The second kappa shape index (κ2) is 5.69. The van der Waals surface area contributed by atoms with Gasteiger partial charge in [-0.2, -0.15) is 11.3 Å². The van der Waals surface area contributed by atoms with Crippen molar-refractivity contribution in [3.63, 3.8) is 0 Å². The number of H-pyrrole nitrogens is 1. The van der Waals surface area contributed by atoms with Crippen LogP contribution >= 0.6 is 11.3 Å². The summed E-state index contributed by atoms with van der Waals surface area (Å²) in [5, 5.41) is 16.0. The van der Waals surface area contributed by atoms with E-state index in [-0.39, 0.29) is 5.91 Å². The third kappa shape index (κ3) is 2.74. The minimum absolute atomic E-state index is 0.127. The normalized spacial score (nSPS) is 11.0. The fourth-order valence-corrected chi connectivity index (χ4v) is 2.98. The maximum atomic E-state index is 12.2. The molecule has 0 saturated heterocycles. The maximum Gasteiger partial charge on any atom is 0.251 e. The van der Waals surface area contributed by atoms with Gasteiger partial charge in [0.15, 0.2) is 0 Å². The maximum absolute atomic E-state index is 12.2. The molecule has 0 unspecified atom stereocenters. The molecule has 1 amide bonds. The Bertz CT molecular complexity index is 954. The van der Waals surface area contributed by atoms with Crippen molar-refractivity contribution in [1.29, 1.82) is 0 Å². The van der Waals surface area contributed by atoms with E-state index in [1.807, 2.05) is 47.4 Å². The first-order chi connectivity index (χ1) is 11.3. The minimum Gasteiger partial charge on any atom is -0.361 e. The van der Waals surface area contributed by atoms with Crippen molar-refractivity contribution in [3.05, 3.63) is 64.7 Å². The Labute approximate surface area is 135 Å². The van der Waals surface area contributed by atoms with Crippen molar-refractivity contribution in [3.8, 4) is 5.69 Å². The number of hydrogen-bond donors (Lipinski definition) is 2. The average Bonchev–Trinajstić information content (AvgIpc) is 3.32. The number of amides is 1. The number of nitrogens with one attached hydrogen (secondary N) is 2. The zero-order valence-corrected chi connectivity index (χ0v) is 12.9. The Balaban J connectivity index is 1.45. The number of thiophene rings is 1. The van der Waals surface area contributed by atoms with Crippen LogP contribution in [0.3, 0.4) is 0 Å². The Morgan fingerprint density at radius 3 is 3.13 bits per heavy atom. The molecular weight excluding hydrogens is 310 g/mol. The molecule has 4 rings (SSSR count). The zero-order valence-electron chi connectivity index (χ0n) is 12.1. The molecule has 23 heavy (non-hydrogen) atoms. The van der Waals surface area contributed by atoms with Crippen molar-refractivity contribution in [2.45, 2.75) is 6.54 Å². The molecule has 3 aromatic heterocycles. The number of hydrogen-bond acceptors (Lipinski definition) is 4. The largest absolute Gasteiger partial charge is 0.361 e. The van der Waals surface area contributed by atoms with Crippen LogP contribution < -0.4 is 5.32 Å². The Morgan fingerprint density at radius 1 is 1.30 bits per heavy atom. The van der Waals surface area contributed by atoms with Gasteiger partial charge in [-0.15, -0.1) is 5.10 Å². The van der Waals surface area contributed by atoms with E-state index < -0.39 is 0 Å². The van der Waals surface area contributed by atoms with Crippen LogP contribution in [0, 0.1) is 0 Å². The Kier molecular flexibility index (Phi) is 3.39. The van der Waals surface area contributed by atoms with Gasteiger partial charge < -0.3 is 10.3 Å². The lowest BCUT2D eigenvalue weighted by Gasteiger charge is -2.03. The van der Waals surface area contributed by atoms with Crippen molar-refractivity contribution in [2.75, 3.05) is 0 Å². The van der Waals surface area contributed by atoms with Crippen molar-refractivity contribution in [2.24, 2.45) is 0 Å². The van der Waals surface area contributed by atoms with Gasteiger partial charge in [0.05, 0.1) is 18.4 Å². The topological polar surface area (TPSA) is 75.6 Å². The number of aromatic nitrogens is 4. The number of fused-ring (bicyclic) bond motifs is 1. The average molecular weight is 323 g/mol. The first kappa shape index (κ1) is 13.7. The smallest absolute Gasteiger partial charge is 0.251 e. The summed E-state index contributed by atoms with van der Waals surface area (Å²) in [6.45, 7) is 0.341. The first-order valence-electron chi connectivity index (χ1n) is 7.09. The highest BCUT2D eigenvalue weighted by Gasteiger charge is 2.09. The van der Waals surface area contributed by atoms with Gasteiger partial charge in [-0.3, -0.25) is 4.79 Å². The van der Waals surface area contributed by atoms with Gasteiger partial charge in [0.1, 0.15) is 5.69 Å². The van der Waals surface area contributed by atoms with E-state index in [1.54, 1.807) is 22.1 Å². The molecule has 0 aliphatic carbocycles. The van der Waals surface area contributed by atoms with Crippen LogP contribution in [0.1, 0.15) is 16.1 Å². The van der Waals surface area contributed by atoms with Crippen molar-refractivity contribution in [1.82, 2.24) is 25.3 Å². The van der Waals surface area contributed by atoms with Crippen LogP contribution in [0.15, 0.2) is 53.5 Å². The summed E-state index contributed by atoms with van der Waals surface area (Å²) in [5.41, 5.74) is 3.33. The molecule has 0 saturated carbocycles. The van der Waals surface area contributed by atoms with Crippen LogP contribution in [-0.4, -0.2) is 25.9 Å². The summed E-state index contributed by atoms with van der Waals surface area (Å²) in [7, 11) is 0. The highest BCUT2D eigenvalue weighted by molar-refractivity contribution is 7.08. The van der Waals surface area contributed by atoms with E-state index in [0.717, 1.165) is 16.6 Å². The molecule has 6 nitrogen and oxygen atoms in total. The molecule has 0 spiro atoms. The van der Waals surface area contributed by atoms with Crippen LogP contribution in [-0.2, 0) is 6.54 Å². The molecule has 2 N–H and O–H groups in total. The van der Waals surface area contributed by atoms with E-state index in [2.05, 4.69) is 20.6 Å². The van der Waals surface area contributed by atoms with Crippen LogP contribution in [0.2, 0.25) is 0 Å². The van der Waals surface area contributed by atoms with E-state index in [1.165, 1.54) is 0 Å². The summed E-state index contributed by atoms with van der Waals surface area (Å²) in [4.78, 5) is 15.4. The van der Waals surface area contributed by atoms with Crippen molar-refractivity contribution >= 4 is 28.1 Å². The fraction of sp³-hybridized carbons (Fsp3) is 0.0625. The zero-order chi connectivity index (χ0) is 15.6. The van der Waals surface area contributed by atoms with E-state index >= 15 is 0 Å². The predicted molar refractivity (Wildman–Crippen MR) is 88.7 cm³/mol. The highest BCUT2D eigenvalue weighted by Crippen LogP contribution is 2.14. The minimum atomic E-state index is -0.127. The molecule has 7 heteroatoms. The number of benzene rings is 1. The van der Waals surface area contributed by atoms with Crippen LogP contribution in [0.25, 0.3) is 16.6 Å². The SMILES string of the molecule is O=C(NCc1cn(-c2ccsc2)nn1)c1ccc2[nH]ccc2c1. The molecular formula is C16H13N5OS. The van der Waals surface area contributed by atoms with Gasteiger partial charge in [-0.05, 0) is 35.7 Å². The number of carbonyl (C=O) groups excluding carboxylic acids is 1.